The molecule has 1 aromatic heterocycles. The quantitative estimate of drug-likeness (QED) is 0.840. The van der Waals surface area contributed by atoms with E-state index in [0.717, 1.165) is 25.3 Å². The van der Waals surface area contributed by atoms with Crippen molar-refractivity contribution in [2.24, 2.45) is 0 Å². The summed E-state index contributed by atoms with van der Waals surface area (Å²) in [4.78, 5) is 20.6. The zero-order chi connectivity index (χ0) is 13.2. The number of benzene rings is 1. The van der Waals surface area contributed by atoms with Crippen molar-refractivity contribution in [3.05, 3.63) is 51.0 Å². The molecule has 1 aromatic carbocycles. The third-order valence-corrected chi connectivity index (χ3v) is 3.86. The lowest BCUT2D eigenvalue weighted by Gasteiger charge is -2.23. The number of rotatable bonds is 1. The minimum Gasteiger partial charge on any atom is -0.324 e. The number of aromatic nitrogens is 2. The normalized spacial score (nSPS) is 14.9. The summed E-state index contributed by atoms with van der Waals surface area (Å²) in [5.41, 5.74) is 2.12. The Morgan fingerprint density at radius 2 is 2.16 bits per heavy atom. The Morgan fingerprint density at radius 1 is 1.32 bits per heavy atom. The molecule has 3 rings (SSSR count). The molecular weight excluding hydrogens is 308 g/mol. The number of nitrogens with one attached hydrogen (secondary N) is 2. The first-order chi connectivity index (χ1) is 9.27. The lowest BCUT2D eigenvalue weighted by molar-refractivity contribution is 0.710. The highest BCUT2D eigenvalue weighted by atomic mass is 79.9. The summed E-state index contributed by atoms with van der Waals surface area (Å²) in [6, 6.07) is 8.15. The number of fused-ring (bicyclic) bond motifs is 1. The van der Waals surface area contributed by atoms with E-state index in [-0.39, 0.29) is 5.56 Å². The van der Waals surface area contributed by atoms with Crippen LogP contribution in [0.15, 0.2) is 39.9 Å². The Hall–Kier alpha value is -1.66. The van der Waals surface area contributed by atoms with Crippen molar-refractivity contribution in [3.8, 4) is 0 Å². The molecule has 5 nitrogen and oxygen atoms in total. The van der Waals surface area contributed by atoms with E-state index in [1.807, 2.05) is 12.1 Å². The van der Waals surface area contributed by atoms with E-state index in [9.17, 15) is 4.79 Å². The molecule has 0 spiro atoms. The summed E-state index contributed by atoms with van der Waals surface area (Å²) in [5.74, 6) is 0.653. The zero-order valence-electron chi connectivity index (χ0n) is 10.2. The molecule has 0 unspecified atom stereocenters. The average molecular weight is 321 g/mol. The molecule has 98 valence electrons. The third-order valence-electron chi connectivity index (χ3n) is 3.14. The largest absolute Gasteiger partial charge is 0.324 e. The van der Waals surface area contributed by atoms with Gasteiger partial charge in [-0.05, 0) is 27.6 Å². The maximum atomic E-state index is 11.7. The monoisotopic (exact) mass is 320 g/mol. The number of H-pyrrole nitrogens is 1. The number of para-hydroxylation sites is 1. The van der Waals surface area contributed by atoms with Crippen molar-refractivity contribution in [3.63, 3.8) is 0 Å². The minimum atomic E-state index is -0.167. The van der Waals surface area contributed by atoms with E-state index in [1.165, 1.54) is 11.9 Å². The highest BCUT2D eigenvalue weighted by Crippen LogP contribution is 2.31. The van der Waals surface area contributed by atoms with E-state index >= 15 is 0 Å². The fraction of sp³-hybridized carbons (Fsp3) is 0.231. The van der Waals surface area contributed by atoms with Crippen LogP contribution in [0, 0.1) is 0 Å². The molecule has 0 saturated heterocycles. The molecule has 19 heavy (non-hydrogen) atoms. The van der Waals surface area contributed by atoms with Gasteiger partial charge in [0.1, 0.15) is 4.47 Å². The fourth-order valence-electron chi connectivity index (χ4n) is 2.24. The lowest BCUT2D eigenvalue weighted by atomic mass is 10.1. The molecule has 6 heteroatoms. The zero-order valence-corrected chi connectivity index (χ0v) is 11.8. The van der Waals surface area contributed by atoms with Gasteiger partial charge in [0.2, 0.25) is 0 Å². The van der Waals surface area contributed by atoms with Gasteiger partial charge in [-0.2, -0.15) is 0 Å². The van der Waals surface area contributed by atoms with Gasteiger partial charge >= 0.3 is 0 Å². The van der Waals surface area contributed by atoms with Crippen LogP contribution in [0.5, 0.6) is 0 Å². The highest BCUT2D eigenvalue weighted by Gasteiger charge is 2.20. The molecule has 0 atom stereocenters. The van der Waals surface area contributed by atoms with Crippen LogP contribution in [-0.2, 0) is 6.54 Å². The number of halogens is 1. The molecule has 0 amide bonds. The van der Waals surface area contributed by atoms with E-state index in [2.05, 4.69) is 48.2 Å². The van der Waals surface area contributed by atoms with Crippen LogP contribution < -0.4 is 15.8 Å². The Balaban J connectivity index is 2.14. The van der Waals surface area contributed by atoms with Gasteiger partial charge in [0.15, 0.2) is 5.82 Å². The summed E-state index contributed by atoms with van der Waals surface area (Å²) >= 11 is 3.32. The van der Waals surface area contributed by atoms with E-state index in [1.54, 1.807) is 0 Å². The molecule has 2 N–H and O–H groups in total. The van der Waals surface area contributed by atoms with Crippen molar-refractivity contribution < 1.29 is 0 Å². The summed E-state index contributed by atoms with van der Waals surface area (Å²) in [7, 11) is 0. The molecule has 0 saturated carbocycles. The van der Waals surface area contributed by atoms with Crippen LogP contribution in [0.25, 0.3) is 0 Å². The smallest absolute Gasteiger partial charge is 0.267 e. The molecule has 1 aliphatic rings. The third kappa shape index (κ3) is 2.29. The molecule has 0 radical (unpaired) electrons. The number of nitrogens with zero attached hydrogens (tertiary/aromatic N) is 2. The Labute approximate surface area is 118 Å². The summed E-state index contributed by atoms with van der Waals surface area (Å²) < 4.78 is 0.465. The molecule has 0 aliphatic carbocycles. The second-order valence-electron chi connectivity index (χ2n) is 4.33. The maximum absolute atomic E-state index is 11.7. The molecule has 2 heterocycles. The van der Waals surface area contributed by atoms with Crippen molar-refractivity contribution in [2.75, 3.05) is 18.0 Å². The molecule has 2 aromatic rings. The number of aromatic amines is 1. The summed E-state index contributed by atoms with van der Waals surface area (Å²) in [5, 5.41) is 3.37. The van der Waals surface area contributed by atoms with Crippen molar-refractivity contribution in [1.29, 1.82) is 0 Å². The van der Waals surface area contributed by atoms with Crippen LogP contribution in [0.1, 0.15) is 5.56 Å². The van der Waals surface area contributed by atoms with Crippen LogP contribution in [0.2, 0.25) is 0 Å². The van der Waals surface area contributed by atoms with Crippen molar-refractivity contribution in [2.45, 2.75) is 6.54 Å². The fourth-order valence-corrected chi connectivity index (χ4v) is 2.67. The second-order valence-corrected chi connectivity index (χ2v) is 5.12. The number of anilines is 2. The predicted molar refractivity (Wildman–Crippen MR) is 77.7 cm³/mol. The van der Waals surface area contributed by atoms with Crippen LogP contribution in [0.3, 0.4) is 0 Å². The van der Waals surface area contributed by atoms with Gasteiger partial charge in [-0.15, -0.1) is 0 Å². The van der Waals surface area contributed by atoms with Gasteiger partial charge in [0, 0.05) is 25.3 Å². The van der Waals surface area contributed by atoms with Gasteiger partial charge in [-0.1, -0.05) is 18.2 Å². The summed E-state index contributed by atoms with van der Waals surface area (Å²) in [6.45, 7) is 2.44. The lowest BCUT2D eigenvalue weighted by Crippen LogP contribution is -2.27. The predicted octanol–water partition coefficient (Wildman–Crippen LogP) is 1.77. The second kappa shape index (κ2) is 5.14. The number of hydrogen-bond acceptors (Lipinski definition) is 4. The Kier molecular flexibility index (Phi) is 3.35. The van der Waals surface area contributed by atoms with Gasteiger partial charge in [0.05, 0.1) is 6.33 Å². The van der Waals surface area contributed by atoms with Crippen LogP contribution >= 0.6 is 15.9 Å². The topological polar surface area (TPSA) is 61.0 Å². The molecular formula is C13H13BrN4O. The standard InChI is InChI=1S/C13H13BrN4O/c14-11-12(16-8-17-13(11)19)18-6-5-15-7-9-3-1-2-4-10(9)18/h1-4,8,15H,5-7H2,(H,16,17,19). The highest BCUT2D eigenvalue weighted by molar-refractivity contribution is 9.10. The minimum absolute atomic E-state index is 0.167. The van der Waals surface area contributed by atoms with Gasteiger partial charge in [-0.3, -0.25) is 4.79 Å². The van der Waals surface area contributed by atoms with Gasteiger partial charge in [0.25, 0.3) is 5.56 Å². The molecule has 0 fully saturated rings. The van der Waals surface area contributed by atoms with Crippen molar-refractivity contribution in [1.82, 2.24) is 15.3 Å². The Morgan fingerprint density at radius 3 is 3.05 bits per heavy atom. The van der Waals surface area contributed by atoms with E-state index in [0.29, 0.717) is 10.3 Å². The molecule has 1 aliphatic heterocycles. The molecule has 0 bridgehead atoms. The first-order valence-corrected chi connectivity index (χ1v) is 6.86. The first kappa shape index (κ1) is 12.4. The SMILES string of the molecule is O=c1[nH]cnc(N2CCNCc3ccccc32)c1Br. The van der Waals surface area contributed by atoms with E-state index in [4.69, 9.17) is 0 Å². The van der Waals surface area contributed by atoms with Crippen molar-refractivity contribution >= 4 is 27.4 Å². The first-order valence-electron chi connectivity index (χ1n) is 6.07. The number of hydrogen-bond donors (Lipinski definition) is 2. The van der Waals surface area contributed by atoms with Gasteiger partial charge < -0.3 is 15.2 Å². The van der Waals surface area contributed by atoms with Crippen LogP contribution in [-0.4, -0.2) is 23.1 Å². The van der Waals surface area contributed by atoms with Crippen LogP contribution in [0.4, 0.5) is 11.5 Å². The Bertz CT molecular complexity index is 655. The van der Waals surface area contributed by atoms with E-state index < -0.39 is 0 Å². The maximum Gasteiger partial charge on any atom is 0.267 e. The average Bonchev–Trinajstić information content (AvgIpc) is 2.64. The summed E-state index contributed by atoms with van der Waals surface area (Å²) in [6.07, 6.45) is 1.43. The van der Waals surface area contributed by atoms with Gasteiger partial charge in [-0.25, -0.2) is 4.98 Å².